The van der Waals surface area contributed by atoms with Crippen LogP contribution in [0.1, 0.15) is 11.9 Å². The number of hydrogen-bond donors (Lipinski definition) is 2. The summed E-state index contributed by atoms with van der Waals surface area (Å²) in [5, 5.41) is 8.92. The molecule has 94 valence electrons. The summed E-state index contributed by atoms with van der Waals surface area (Å²) in [4.78, 5) is 8.01. The summed E-state index contributed by atoms with van der Waals surface area (Å²) in [5.74, 6) is -1.61. The molecule has 0 aliphatic rings. The molecule has 1 unspecified atom stereocenters. The van der Waals surface area contributed by atoms with Crippen LogP contribution in [0, 0.1) is 11.6 Å². The van der Waals surface area contributed by atoms with Gasteiger partial charge in [-0.25, -0.2) is 18.7 Å². The van der Waals surface area contributed by atoms with Crippen LogP contribution in [-0.2, 0) is 0 Å². The summed E-state index contributed by atoms with van der Waals surface area (Å²) in [7, 11) is 0. The van der Waals surface area contributed by atoms with E-state index < -0.39 is 17.7 Å². The Morgan fingerprint density at radius 1 is 1.22 bits per heavy atom. The number of nitrogens with zero attached hydrogens (tertiary/aromatic N) is 2. The molecule has 4 nitrogen and oxygen atoms in total. The lowest BCUT2D eigenvalue weighted by Gasteiger charge is -2.08. The van der Waals surface area contributed by atoms with Gasteiger partial charge in [-0.1, -0.05) is 0 Å². The van der Waals surface area contributed by atoms with Crippen LogP contribution in [0.5, 0.6) is 0 Å². The normalized spacial score (nSPS) is 12.4. The van der Waals surface area contributed by atoms with E-state index in [0.29, 0.717) is 11.3 Å². The Labute approximate surface area is 102 Å². The van der Waals surface area contributed by atoms with Crippen molar-refractivity contribution in [3.63, 3.8) is 0 Å². The van der Waals surface area contributed by atoms with E-state index >= 15 is 0 Å². The van der Waals surface area contributed by atoms with E-state index in [1.165, 1.54) is 12.3 Å². The fourth-order valence-corrected chi connectivity index (χ4v) is 1.45. The Kier molecular flexibility index (Phi) is 3.59. The first-order valence-electron chi connectivity index (χ1n) is 5.26. The Bertz CT molecular complexity index is 563. The van der Waals surface area contributed by atoms with Crippen molar-refractivity contribution in [2.75, 3.05) is 6.61 Å². The number of benzene rings is 1. The maximum Gasteiger partial charge on any atom is 0.159 e. The quantitative estimate of drug-likeness (QED) is 0.865. The van der Waals surface area contributed by atoms with Crippen molar-refractivity contribution >= 4 is 0 Å². The van der Waals surface area contributed by atoms with Crippen molar-refractivity contribution in [3.05, 3.63) is 47.9 Å². The van der Waals surface area contributed by atoms with Gasteiger partial charge in [0.1, 0.15) is 5.82 Å². The highest BCUT2D eigenvalue weighted by atomic mass is 19.2. The minimum absolute atomic E-state index is 0.250. The van der Waals surface area contributed by atoms with Crippen LogP contribution >= 0.6 is 0 Å². The lowest BCUT2D eigenvalue weighted by molar-refractivity contribution is 0.263. The zero-order chi connectivity index (χ0) is 13.1. The molecule has 1 aromatic heterocycles. The van der Waals surface area contributed by atoms with Gasteiger partial charge in [-0.2, -0.15) is 0 Å². The van der Waals surface area contributed by atoms with Gasteiger partial charge in [0, 0.05) is 11.8 Å². The minimum Gasteiger partial charge on any atom is -0.394 e. The molecule has 6 heteroatoms. The number of aromatic nitrogens is 2. The van der Waals surface area contributed by atoms with E-state index in [0.717, 1.165) is 12.1 Å². The Morgan fingerprint density at radius 2 is 2.00 bits per heavy atom. The molecular weight excluding hydrogens is 240 g/mol. The van der Waals surface area contributed by atoms with E-state index in [1.54, 1.807) is 6.07 Å². The van der Waals surface area contributed by atoms with Crippen molar-refractivity contribution in [3.8, 4) is 11.3 Å². The molecule has 0 spiro atoms. The number of rotatable bonds is 3. The molecule has 0 saturated carbocycles. The van der Waals surface area contributed by atoms with Gasteiger partial charge in [0.25, 0.3) is 0 Å². The third kappa shape index (κ3) is 2.49. The molecule has 0 amide bonds. The summed E-state index contributed by atoms with van der Waals surface area (Å²) >= 11 is 0. The first-order valence-corrected chi connectivity index (χ1v) is 5.26. The predicted octanol–water partition coefficient (Wildman–Crippen LogP) is 1.41. The van der Waals surface area contributed by atoms with E-state index in [2.05, 4.69) is 9.97 Å². The maximum absolute atomic E-state index is 13.1. The number of aliphatic hydroxyl groups excluding tert-OH is 1. The Hall–Kier alpha value is -1.92. The second kappa shape index (κ2) is 5.16. The fraction of sp³-hybridized carbons (Fsp3) is 0.167. The Balaban J connectivity index is 2.41. The number of halogens is 2. The van der Waals surface area contributed by atoms with Gasteiger partial charge in [0.05, 0.1) is 18.3 Å². The molecule has 0 bridgehead atoms. The molecule has 0 radical (unpaired) electrons. The summed E-state index contributed by atoms with van der Waals surface area (Å²) < 4.78 is 25.9. The third-order valence-corrected chi connectivity index (χ3v) is 2.42. The van der Waals surface area contributed by atoms with Crippen LogP contribution in [0.15, 0.2) is 30.5 Å². The number of aliphatic hydroxyl groups is 1. The highest BCUT2D eigenvalue weighted by Gasteiger charge is 2.10. The van der Waals surface area contributed by atoms with Crippen molar-refractivity contribution in [1.82, 2.24) is 9.97 Å². The second-order valence-electron chi connectivity index (χ2n) is 3.72. The van der Waals surface area contributed by atoms with Crippen LogP contribution in [0.3, 0.4) is 0 Å². The van der Waals surface area contributed by atoms with Crippen LogP contribution in [0.4, 0.5) is 8.78 Å². The largest absolute Gasteiger partial charge is 0.394 e. The van der Waals surface area contributed by atoms with Crippen molar-refractivity contribution in [2.24, 2.45) is 5.73 Å². The SMILES string of the molecule is NC(CO)c1nccc(-c2ccc(F)c(F)c2)n1. The molecular formula is C12H11F2N3O. The average Bonchev–Trinajstić information content (AvgIpc) is 2.41. The molecule has 0 aliphatic heterocycles. The maximum atomic E-state index is 13.1. The topological polar surface area (TPSA) is 72.0 Å². The highest BCUT2D eigenvalue weighted by Crippen LogP contribution is 2.20. The molecule has 1 heterocycles. The smallest absolute Gasteiger partial charge is 0.159 e. The van der Waals surface area contributed by atoms with Crippen LogP contribution < -0.4 is 5.73 Å². The zero-order valence-corrected chi connectivity index (χ0v) is 9.35. The van der Waals surface area contributed by atoms with Gasteiger partial charge in [0.15, 0.2) is 11.6 Å². The van der Waals surface area contributed by atoms with Crippen LogP contribution in [-0.4, -0.2) is 21.7 Å². The fourth-order valence-electron chi connectivity index (χ4n) is 1.45. The molecule has 18 heavy (non-hydrogen) atoms. The minimum atomic E-state index is -0.945. The van der Waals surface area contributed by atoms with Crippen molar-refractivity contribution < 1.29 is 13.9 Å². The van der Waals surface area contributed by atoms with E-state index in [9.17, 15) is 8.78 Å². The molecule has 0 aliphatic carbocycles. The van der Waals surface area contributed by atoms with Crippen LogP contribution in [0.2, 0.25) is 0 Å². The van der Waals surface area contributed by atoms with E-state index in [4.69, 9.17) is 10.8 Å². The highest BCUT2D eigenvalue weighted by molar-refractivity contribution is 5.58. The number of hydrogen-bond acceptors (Lipinski definition) is 4. The zero-order valence-electron chi connectivity index (χ0n) is 9.35. The van der Waals surface area contributed by atoms with Gasteiger partial charge in [-0.15, -0.1) is 0 Å². The van der Waals surface area contributed by atoms with Crippen molar-refractivity contribution in [2.45, 2.75) is 6.04 Å². The second-order valence-corrected chi connectivity index (χ2v) is 3.72. The lowest BCUT2D eigenvalue weighted by atomic mass is 10.1. The van der Waals surface area contributed by atoms with Gasteiger partial charge >= 0.3 is 0 Å². The summed E-state index contributed by atoms with van der Waals surface area (Å²) in [5.41, 5.74) is 6.42. The first kappa shape index (κ1) is 12.5. The number of nitrogens with two attached hydrogens (primary N) is 1. The molecule has 3 N–H and O–H groups in total. The van der Waals surface area contributed by atoms with Gasteiger partial charge in [-0.05, 0) is 24.3 Å². The predicted molar refractivity (Wildman–Crippen MR) is 61.4 cm³/mol. The van der Waals surface area contributed by atoms with E-state index in [-0.39, 0.29) is 12.4 Å². The molecule has 1 atom stereocenters. The summed E-state index contributed by atoms with van der Waals surface area (Å²) in [6, 6.07) is 4.34. The standard InChI is InChI=1S/C12H11F2N3O/c13-8-2-1-7(5-9(8)14)11-3-4-16-12(17-11)10(15)6-18/h1-5,10,18H,6,15H2. The third-order valence-electron chi connectivity index (χ3n) is 2.42. The first-order chi connectivity index (χ1) is 8.61. The van der Waals surface area contributed by atoms with Gasteiger partial charge in [-0.3, -0.25) is 0 Å². The summed E-state index contributed by atoms with van der Waals surface area (Å²) in [6.07, 6.45) is 1.45. The monoisotopic (exact) mass is 251 g/mol. The van der Waals surface area contributed by atoms with Gasteiger partial charge in [0.2, 0.25) is 0 Å². The average molecular weight is 251 g/mol. The Morgan fingerprint density at radius 3 is 2.67 bits per heavy atom. The molecule has 0 fully saturated rings. The lowest BCUT2D eigenvalue weighted by Crippen LogP contribution is -2.17. The molecule has 1 aromatic carbocycles. The molecule has 2 rings (SSSR count). The summed E-state index contributed by atoms with van der Waals surface area (Å²) in [6.45, 7) is -0.290. The molecule has 2 aromatic rings. The van der Waals surface area contributed by atoms with Gasteiger partial charge < -0.3 is 10.8 Å². The van der Waals surface area contributed by atoms with Crippen LogP contribution in [0.25, 0.3) is 11.3 Å². The molecule has 0 saturated heterocycles. The van der Waals surface area contributed by atoms with E-state index in [1.807, 2.05) is 0 Å². The van der Waals surface area contributed by atoms with Crippen molar-refractivity contribution in [1.29, 1.82) is 0 Å².